The SMILES string of the molecule is COc1ccc(N2C[C@@]3(CN3[S@@](=O)C(C)(C)C)c3ccccc32)cc1. The fraction of sp³-hybridized carbons (Fsp3) is 0.400. The fourth-order valence-corrected chi connectivity index (χ4v) is 5.09. The van der Waals surface area contributed by atoms with Crippen LogP contribution in [0.5, 0.6) is 5.75 Å². The highest BCUT2D eigenvalue weighted by molar-refractivity contribution is 7.84. The Labute approximate surface area is 152 Å². The van der Waals surface area contributed by atoms with Gasteiger partial charge < -0.3 is 9.64 Å². The van der Waals surface area contributed by atoms with Gasteiger partial charge in [0.05, 0.1) is 17.4 Å². The van der Waals surface area contributed by atoms with Crippen LogP contribution in [0.4, 0.5) is 11.4 Å². The van der Waals surface area contributed by atoms with Gasteiger partial charge >= 0.3 is 0 Å². The van der Waals surface area contributed by atoms with Crippen LogP contribution in [0.1, 0.15) is 26.3 Å². The number of ether oxygens (including phenoxy) is 1. The molecule has 0 N–H and O–H groups in total. The average Bonchev–Trinajstić information content (AvgIpc) is 3.23. The normalized spacial score (nSPS) is 25.8. The topological polar surface area (TPSA) is 32.5 Å². The molecule has 0 radical (unpaired) electrons. The monoisotopic (exact) mass is 356 g/mol. The van der Waals surface area contributed by atoms with Crippen molar-refractivity contribution in [2.24, 2.45) is 0 Å². The Hall–Kier alpha value is -1.85. The van der Waals surface area contributed by atoms with Gasteiger partial charge in [-0.1, -0.05) is 18.2 Å². The zero-order chi connectivity index (χ0) is 17.8. The number of benzene rings is 2. The lowest BCUT2D eigenvalue weighted by Crippen LogP contribution is -2.32. The van der Waals surface area contributed by atoms with E-state index >= 15 is 0 Å². The van der Waals surface area contributed by atoms with Crippen LogP contribution in [0.3, 0.4) is 0 Å². The summed E-state index contributed by atoms with van der Waals surface area (Å²) in [6.07, 6.45) is 0. The van der Waals surface area contributed by atoms with E-state index in [4.69, 9.17) is 4.74 Å². The molecule has 2 aliphatic heterocycles. The third-order valence-corrected chi connectivity index (χ3v) is 6.93. The number of nitrogens with zero attached hydrogens (tertiary/aromatic N) is 2. The summed E-state index contributed by atoms with van der Waals surface area (Å²) in [5.41, 5.74) is 3.50. The smallest absolute Gasteiger partial charge is 0.119 e. The predicted octanol–water partition coefficient (Wildman–Crippen LogP) is 3.82. The van der Waals surface area contributed by atoms with Crippen LogP contribution in [-0.2, 0) is 16.5 Å². The third kappa shape index (κ3) is 2.57. The zero-order valence-corrected chi connectivity index (χ0v) is 16.0. The Morgan fingerprint density at radius 1 is 1.04 bits per heavy atom. The summed E-state index contributed by atoms with van der Waals surface area (Å²) in [6.45, 7) is 7.80. The standard InChI is InChI=1S/C20H24N2O2S/c1-19(2,3)25(23)22-14-20(22)13-21(18-8-6-5-7-17(18)20)15-9-11-16(24-4)12-10-15/h5-12H,13-14H2,1-4H3/t20-,22?,25+/m1/s1. The molecule has 0 amide bonds. The van der Waals surface area contributed by atoms with E-state index in [9.17, 15) is 4.21 Å². The summed E-state index contributed by atoms with van der Waals surface area (Å²) in [6, 6.07) is 16.6. The Balaban J connectivity index is 1.71. The first-order valence-corrected chi connectivity index (χ1v) is 9.68. The van der Waals surface area contributed by atoms with E-state index in [-0.39, 0.29) is 10.3 Å². The summed E-state index contributed by atoms with van der Waals surface area (Å²) >= 11 is 0. The summed E-state index contributed by atoms with van der Waals surface area (Å²) in [7, 11) is 0.675. The van der Waals surface area contributed by atoms with Gasteiger partial charge in [0.2, 0.25) is 0 Å². The average molecular weight is 356 g/mol. The lowest BCUT2D eigenvalue weighted by Gasteiger charge is -2.22. The molecule has 0 bridgehead atoms. The van der Waals surface area contributed by atoms with Gasteiger partial charge in [0.15, 0.2) is 0 Å². The zero-order valence-electron chi connectivity index (χ0n) is 15.2. The van der Waals surface area contributed by atoms with Crippen LogP contribution in [0.2, 0.25) is 0 Å². The van der Waals surface area contributed by atoms with E-state index in [1.54, 1.807) is 7.11 Å². The van der Waals surface area contributed by atoms with Gasteiger partial charge in [0, 0.05) is 30.0 Å². The number of rotatable bonds is 3. The second kappa shape index (κ2) is 5.58. The van der Waals surface area contributed by atoms with E-state index < -0.39 is 11.0 Å². The van der Waals surface area contributed by atoms with Crippen LogP contribution >= 0.6 is 0 Å². The van der Waals surface area contributed by atoms with Crippen molar-refractivity contribution in [2.45, 2.75) is 31.1 Å². The van der Waals surface area contributed by atoms with Gasteiger partial charge in [-0.05, 0) is 51.1 Å². The van der Waals surface area contributed by atoms with E-state index in [0.29, 0.717) is 0 Å². The highest BCUT2D eigenvalue weighted by Crippen LogP contribution is 2.55. The molecule has 2 aliphatic rings. The van der Waals surface area contributed by atoms with Gasteiger partial charge in [-0.15, -0.1) is 0 Å². The van der Waals surface area contributed by atoms with Crippen LogP contribution in [-0.4, -0.2) is 33.5 Å². The van der Waals surface area contributed by atoms with E-state index in [1.165, 1.54) is 11.3 Å². The second-order valence-corrected chi connectivity index (χ2v) is 9.89. The number of fused-ring (bicyclic) bond motifs is 2. The summed E-state index contributed by atoms with van der Waals surface area (Å²) in [5.74, 6) is 0.854. The highest BCUT2D eigenvalue weighted by atomic mass is 32.2. The number of hydrogen-bond donors (Lipinski definition) is 0. The van der Waals surface area contributed by atoms with Crippen molar-refractivity contribution in [2.75, 3.05) is 25.1 Å². The molecule has 2 heterocycles. The summed E-state index contributed by atoms with van der Waals surface area (Å²) in [5, 5.41) is 0. The van der Waals surface area contributed by atoms with Crippen molar-refractivity contribution >= 4 is 22.4 Å². The molecule has 2 aromatic rings. The van der Waals surface area contributed by atoms with Gasteiger partial charge in [-0.2, -0.15) is 0 Å². The van der Waals surface area contributed by atoms with Crippen LogP contribution in [0.25, 0.3) is 0 Å². The predicted molar refractivity (Wildman–Crippen MR) is 103 cm³/mol. The van der Waals surface area contributed by atoms with Gasteiger partial charge in [0.1, 0.15) is 16.7 Å². The summed E-state index contributed by atoms with van der Waals surface area (Å²) in [4.78, 5) is 2.33. The number of methoxy groups -OCH3 is 1. The molecule has 0 aliphatic carbocycles. The van der Waals surface area contributed by atoms with Gasteiger partial charge in [0.25, 0.3) is 0 Å². The van der Waals surface area contributed by atoms with E-state index in [1.807, 2.05) is 32.9 Å². The maximum atomic E-state index is 12.9. The number of anilines is 2. The van der Waals surface area contributed by atoms with Gasteiger partial charge in [-0.3, -0.25) is 0 Å². The van der Waals surface area contributed by atoms with Gasteiger partial charge in [-0.25, -0.2) is 8.51 Å². The Morgan fingerprint density at radius 2 is 1.72 bits per heavy atom. The second-order valence-electron chi connectivity index (χ2n) is 7.73. The largest absolute Gasteiger partial charge is 0.497 e. The van der Waals surface area contributed by atoms with Crippen molar-refractivity contribution in [1.82, 2.24) is 4.31 Å². The summed E-state index contributed by atoms with van der Waals surface area (Å²) < 4.78 is 20.1. The lowest BCUT2D eigenvalue weighted by atomic mass is 10.0. The minimum absolute atomic E-state index is 0.130. The number of hydrogen-bond acceptors (Lipinski definition) is 3. The van der Waals surface area contributed by atoms with E-state index in [0.717, 1.165) is 24.5 Å². The van der Waals surface area contributed by atoms with Crippen molar-refractivity contribution in [3.63, 3.8) is 0 Å². The number of para-hydroxylation sites is 1. The first-order chi connectivity index (χ1) is 11.9. The maximum Gasteiger partial charge on any atom is 0.119 e. The molecule has 5 heteroatoms. The molecular weight excluding hydrogens is 332 g/mol. The van der Waals surface area contributed by atoms with Crippen molar-refractivity contribution in [3.8, 4) is 5.75 Å². The molecule has 1 spiro atoms. The molecular formula is C20H24N2O2S. The van der Waals surface area contributed by atoms with Crippen molar-refractivity contribution in [3.05, 3.63) is 54.1 Å². The first kappa shape index (κ1) is 16.6. The molecule has 0 aromatic heterocycles. The van der Waals surface area contributed by atoms with Crippen molar-refractivity contribution < 1.29 is 8.95 Å². The minimum Gasteiger partial charge on any atom is -0.497 e. The Kier molecular flexibility index (Phi) is 3.71. The molecule has 1 unspecified atom stereocenters. The molecule has 1 saturated heterocycles. The molecule has 132 valence electrons. The quantitative estimate of drug-likeness (QED) is 0.784. The minimum atomic E-state index is -1.00. The molecule has 1 fully saturated rings. The molecule has 2 aromatic carbocycles. The molecule has 0 saturated carbocycles. The maximum absolute atomic E-state index is 12.9. The van der Waals surface area contributed by atoms with Crippen LogP contribution in [0.15, 0.2) is 48.5 Å². The Morgan fingerprint density at radius 3 is 2.36 bits per heavy atom. The van der Waals surface area contributed by atoms with E-state index in [2.05, 4.69) is 45.6 Å². The highest BCUT2D eigenvalue weighted by Gasteiger charge is 2.63. The molecule has 4 nitrogen and oxygen atoms in total. The molecule has 3 atom stereocenters. The molecule has 25 heavy (non-hydrogen) atoms. The van der Waals surface area contributed by atoms with Crippen LogP contribution in [0, 0.1) is 0 Å². The third-order valence-electron chi connectivity index (χ3n) is 5.00. The Bertz CT molecular complexity index is 828. The molecule has 4 rings (SSSR count). The fourth-order valence-electron chi connectivity index (χ4n) is 3.63. The van der Waals surface area contributed by atoms with Crippen molar-refractivity contribution in [1.29, 1.82) is 0 Å². The van der Waals surface area contributed by atoms with Crippen LogP contribution < -0.4 is 9.64 Å². The first-order valence-electron chi connectivity index (χ1n) is 8.57. The lowest BCUT2D eigenvalue weighted by molar-refractivity contribution is 0.415.